The van der Waals surface area contributed by atoms with Gasteiger partial charge in [-0.15, -0.1) is 0 Å². The van der Waals surface area contributed by atoms with Crippen LogP contribution < -0.4 is 89.4 Å². The molecule has 2 aromatic heterocycles. The van der Waals surface area contributed by atoms with Crippen molar-refractivity contribution in [3.8, 4) is 23.0 Å². The van der Waals surface area contributed by atoms with Crippen LogP contribution in [-0.4, -0.2) is 136 Å². The average molecular weight is 852 g/mol. The molecule has 2 aromatic carbocycles. The van der Waals surface area contributed by atoms with E-state index in [4.69, 9.17) is 30.2 Å². The van der Waals surface area contributed by atoms with Crippen molar-refractivity contribution in [2.45, 2.75) is 49.8 Å². The molecule has 0 saturated carbocycles. The van der Waals surface area contributed by atoms with E-state index in [-0.39, 0.29) is 157 Å². The minimum atomic E-state index is -3.11. The third-order valence-corrected chi connectivity index (χ3v) is 10.2. The Labute approximate surface area is 385 Å². The zero-order valence-electron chi connectivity index (χ0n) is 32.6. The summed E-state index contributed by atoms with van der Waals surface area (Å²) in [5, 5.41) is 58.3. The molecular formula is C34H40B2N8Na2O14. The number of likely N-dealkylation sites (tertiary alicyclic amines) is 2. The number of nitrogens with zero attached hydrogens (tertiary/aromatic N) is 4. The fourth-order valence-corrected chi connectivity index (χ4v) is 6.94. The third-order valence-electron chi connectivity index (χ3n) is 10.2. The Balaban J connectivity index is 0.000000220. The van der Waals surface area contributed by atoms with Crippen LogP contribution in [0.25, 0.3) is 0 Å². The minimum absolute atomic E-state index is 0. The van der Waals surface area contributed by atoms with Crippen LogP contribution in [0.3, 0.4) is 0 Å². The Kier molecular flexibility index (Phi) is 14.7. The van der Waals surface area contributed by atoms with Gasteiger partial charge in [0.25, 0.3) is 0 Å². The molecule has 12 N–H and O–H groups in total. The molecule has 4 aliphatic rings. The summed E-state index contributed by atoms with van der Waals surface area (Å²) in [5.41, 5.74) is 13.4. The summed E-state index contributed by atoms with van der Waals surface area (Å²) in [6.45, 7) is -5.25. The predicted molar refractivity (Wildman–Crippen MR) is 198 cm³/mol. The smallest absolute Gasteiger partial charge is 0.669 e. The van der Waals surface area contributed by atoms with Gasteiger partial charge in [0.1, 0.15) is 46.9 Å². The number of rotatable bonds is 10. The number of benzene rings is 2. The van der Waals surface area contributed by atoms with Crippen molar-refractivity contribution in [2.24, 2.45) is 11.5 Å². The summed E-state index contributed by atoms with van der Waals surface area (Å²) in [5.74, 6) is -3.32. The first-order chi connectivity index (χ1) is 27.5. The summed E-state index contributed by atoms with van der Waals surface area (Å²) < 4.78 is 21.8. The van der Waals surface area contributed by atoms with Crippen molar-refractivity contribution in [2.75, 3.05) is 26.2 Å². The molecule has 2 amide bonds. The molecule has 2 atom stereocenters. The van der Waals surface area contributed by atoms with E-state index in [9.17, 15) is 49.5 Å². The molecule has 4 aliphatic heterocycles. The molecule has 4 aromatic rings. The Morgan fingerprint density at radius 3 is 1.37 bits per heavy atom. The molecule has 60 heavy (non-hydrogen) atoms. The van der Waals surface area contributed by atoms with Crippen molar-refractivity contribution < 1.29 is 127 Å². The molecular weight excluding hydrogens is 812 g/mol. The number of aromatic carboxylic acids is 2. The summed E-state index contributed by atoms with van der Waals surface area (Å²) in [6, 6.07) is 4.57. The normalized spacial score (nSPS) is 18.3. The second-order valence-electron chi connectivity index (χ2n) is 14.4. The Hall–Kier alpha value is -4.17. The number of fused-ring (bicyclic) bond motifs is 2. The number of carbonyl (C=O) groups excluding carboxylic acids is 2. The van der Waals surface area contributed by atoms with E-state index in [1.165, 1.54) is 47.0 Å². The van der Waals surface area contributed by atoms with Gasteiger partial charge < -0.3 is 80.3 Å². The zero-order chi connectivity index (χ0) is 41.5. The molecule has 0 radical (unpaired) electrons. The van der Waals surface area contributed by atoms with Crippen LogP contribution in [0.4, 0.5) is 0 Å². The maximum atomic E-state index is 12.4. The number of hydrogen-bond donors (Lipinski definition) is 10. The van der Waals surface area contributed by atoms with Gasteiger partial charge >= 0.3 is 84.6 Å². The number of nitrogens with two attached hydrogens (primary N) is 2. The van der Waals surface area contributed by atoms with E-state index in [1.807, 2.05) is 0 Å². The van der Waals surface area contributed by atoms with Crippen LogP contribution in [0.1, 0.15) is 55.3 Å². The second kappa shape index (κ2) is 18.8. The monoisotopic (exact) mass is 852 g/mol. The van der Waals surface area contributed by atoms with Gasteiger partial charge in [-0.2, -0.15) is 0 Å². The molecule has 26 heteroatoms. The topological polar surface area (TPSA) is 342 Å². The maximum Gasteiger partial charge on any atom is 1.00 e. The van der Waals surface area contributed by atoms with E-state index in [0.717, 1.165) is 0 Å². The number of H-pyrrole nitrogens is 2. The molecule has 0 bridgehead atoms. The molecule has 2 fully saturated rings. The van der Waals surface area contributed by atoms with Crippen molar-refractivity contribution in [3.05, 3.63) is 83.0 Å². The van der Waals surface area contributed by atoms with E-state index in [0.29, 0.717) is 22.5 Å². The Morgan fingerprint density at radius 2 is 1.05 bits per heavy atom. The summed E-state index contributed by atoms with van der Waals surface area (Å²) in [6.07, 6.45) is 5.51. The van der Waals surface area contributed by atoms with Crippen molar-refractivity contribution in [3.63, 3.8) is 0 Å². The number of aryl methyl sites for hydroxylation is 2. The average Bonchev–Trinajstić information content (AvgIpc) is 3.88. The first-order valence-corrected chi connectivity index (χ1v) is 18.3. The number of ether oxygens (including phenoxy) is 2. The Bertz CT molecular complexity index is 2050. The van der Waals surface area contributed by atoms with E-state index < -0.39 is 49.7 Å². The number of imidazole rings is 2. The summed E-state index contributed by atoms with van der Waals surface area (Å²) in [4.78, 5) is 64.6. The molecule has 6 heterocycles. The van der Waals surface area contributed by atoms with Crippen LogP contribution in [-0.2, 0) is 22.4 Å². The van der Waals surface area contributed by atoms with Crippen LogP contribution in [0.15, 0.2) is 49.3 Å². The Morgan fingerprint density at radius 1 is 0.683 bits per heavy atom. The molecule has 0 aliphatic carbocycles. The number of carboxylic acid groups (broad SMARTS) is 2. The van der Waals surface area contributed by atoms with Gasteiger partial charge in [0.05, 0.1) is 74.1 Å². The van der Waals surface area contributed by atoms with Gasteiger partial charge in [0.15, 0.2) is 0 Å². The number of nitrogens with one attached hydrogen (secondary N) is 2. The SMILES string of the molecule is N[C@H](C(=O)N1CC(Oc2ccc3c(c2C(=O)O)O[B-](O)(O)CC3)C1)c1cnc[nH]1.N[C@H](C(=O)N1CC(Oc2ccc3c(c2C(=O)O)O[B-](O)(O)CC3)C1)c1cnc[nH]1.[Na+].[Na+]. The van der Waals surface area contributed by atoms with Gasteiger partial charge in [-0.25, -0.2) is 19.6 Å². The molecule has 0 spiro atoms. The van der Waals surface area contributed by atoms with Gasteiger partial charge in [0, 0.05) is 0 Å². The quantitative estimate of drug-likeness (QED) is 0.0663. The molecule has 2 saturated heterocycles. The summed E-state index contributed by atoms with van der Waals surface area (Å²) in [7, 11) is 0. The fraction of sp³-hybridized carbons (Fsp3) is 0.353. The molecule has 8 rings (SSSR count). The van der Waals surface area contributed by atoms with Crippen LogP contribution >= 0.6 is 0 Å². The van der Waals surface area contributed by atoms with E-state index in [1.54, 1.807) is 12.1 Å². The maximum absolute atomic E-state index is 12.4. The van der Waals surface area contributed by atoms with Gasteiger partial charge in [0.2, 0.25) is 11.8 Å². The largest absolute Gasteiger partial charge is 1.00 e. The molecule has 308 valence electrons. The van der Waals surface area contributed by atoms with Crippen LogP contribution in [0.5, 0.6) is 23.0 Å². The first-order valence-electron chi connectivity index (χ1n) is 18.3. The van der Waals surface area contributed by atoms with E-state index >= 15 is 0 Å². The number of aromatic amines is 2. The van der Waals surface area contributed by atoms with Gasteiger partial charge in [-0.3, -0.25) is 9.59 Å². The summed E-state index contributed by atoms with van der Waals surface area (Å²) >= 11 is 0. The number of carboxylic acids is 2. The van der Waals surface area contributed by atoms with Crippen molar-refractivity contribution >= 4 is 37.3 Å². The van der Waals surface area contributed by atoms with Crippen LogP contribution in [0.2, 0.25) is 12.6 Å². The van der Waals surface area contributed by atoms with Gasteiger partial charge in [-0.1, -0.05) is 24.8 Å². The van der Waals surface area contributed by atoms with E-state index in [2.05, 4.69) is 19.9 Å². The van der Waals surface area contributed by atoms with Crippen LogP contribution in [0, 0.1) is 0 Å². The number of carbonyl (C=O) groups is 4. The molecule has 22 nitrogen and oxygen atoms in total. The fourth-order valence-electron chi connectivity index (χ4n) is 6.94. The second-order valence-corrected chi connectivity index (χ2v) is 14.4. The van der Waals surface area contributed by atoms with Crippen molar-refractivity contribution in [1.29, 1.82) is 0 Å². The molecule has 0 unspecified atom stereocenters. The zero-order valence-corrected chi connectivity index (χ0v) is 36.6. The number of hydrogen-bond acceptors (Lipinski definition) is 16. The number of amides is 2. The predicted octanol–water partition coefficient (Wildman–Crippen LogP) is -7.48. The van der Waals surface area contributed by atoms with Gasteiger partial charge in [-0.05, 0) is 36.1 Å². The standard InChI is InChI=1S/2C17H20BN4O7.2Na/c2*19-14(11-5-20-8-21-11)16(23)22-6-10(7-22)28-12-2-1-9-3-4-18(26,27)29-15(9)13(12)17(24)25;;/h2*1-2,5,8,10,14,26-27H,3-4,6-7,19H2,(H,20,21)(H,24,25);;/q2*-1;2*+1/t2*14-;;/m00../s1. The first kappa shape index (κ1) is 46.9. The third kappa shape index (κ3) is 10.1. The van der Waals surface area contributed by atoms with Crippen molar-refractivity contribution in [1.82, 2.24) is 29.7 Å². The minimum Gasteiger partial charge on any atom is -0.669 e. The number of aromatic nitrogens is 4.